The Bertz CT molecular complexity index is 2670. The van der Waals surface area contributed by atoms with Crippen molar-refractivity contribution in [1.82, 2.24) is 0 Å². The highest BCUT2D eigenvalue weighted by molar-refractivity contribution is 6.37. The van der Waals surface area contributed by atoms with Crippen molar-refractivity contribution in [2.24, 2.45) is 0 Å². The van der Waals surface area contributed by atoms with Crippen molar-refractivity contribution in [2.45, 2.75) is 73.1 Å². The molecular formula is C59H58ClN3. The third kappa shape index (κ3) is 9.91. The van der Waals surface area contributed by atoms with Crippen molar-refractivity contribution in [3.05, 3.63) is 221 Å². The second-order valence-corrected chi connectivity index (χ2v) is 17.1. The van der Waals surface area contributed by atoms with Crippen LogP contribution < -0.4 is 14.7 Å². The van der Waals surface area contributed by atoms with Crippen LogP contribution in [0.15, 0.2) is 188 Å². The molecule has 0 radical (unpaired) electrons. The molecule has 0 atom stereocenters. The molecule has 0 unspecified atom stereocenters. The number of unbranched alkanes of at least 4 members (excludes halogenated alkanes) is 2. The van der Waals surface area contributed by atoms with E-state index < -0.39 is 0 Å². The number of anilines is 9. The minimum Gasteiger partial charge on any atom is -0.310 e. The quantitative estimate of drug-likeness (QED) is 0.0959. The highest BCUT2D eigenvalue weighted by atomic mass is 35.5. The van der Waals surface area contributed by atoms with E-state index in [1.54, 1.807) is 0 Å². The van der Waals surface area contributed by atoms with Gasteiger partial charge in [0.15, 0.2) is 0 Å². The monoisotopic (exact) mass is 843 g/mol. The van der Waals surface area contributed by atoms with Gasteiger partial charge in [0, 0.05) is 34.0 Å². The smallest absolute Gasteiger partial charge is 0.0888 e. The summed E-state index contributed by atoms with van der Waals surface area (Å²) in [6.07, 6.45) is 6.66. The Labute approximate surface area is 380 Å². The first kappa shape index (κ1) is 43.1. The zero-order valence-corrected chi connectivity index (χ0v) is 38.1. The summed E-state index contributed by atoms with van der Waals surface area (Å²) < 4.78 is 0. The highest BCUT2D eigenvalue weighted by Crippen LogP contribution is 2.52. The normalized spacial score (nSPS) is 11.1. The van der Waals surface area contributed by atoms with E-state index in [2.05, 4.69) is 237 Å². The van der Waals surface area contributed by atoms with Crippen molar-refractivity contribution in [3.63, 3.8) is 0 Å². The third-order valence-corrected chi connectivity index (χ3v) is 12.3. The molecule has 63 heavy (non-hydrogen) atoms. The van der Waals surface area contributed by atoms with Gasteiger partial charge in [0.05, 0.1) is 27.8 Å². The molecule has 0 aliphatic carbocycles. The van der Waals surface area contributed by atoms with Gasteiger partial charge in [-0.1, -0.05) is 158 Å². The van der Waals surface area contributed by atoms with Crippen molar-refractivity contribution >= 4 is 62.8 Å². The van der Waals surface area contributed by atoms with E-state index in [1.807, 2.05) is 0 Å². The number of rotatable bonds is 16. The van der Waals surface area contributed by atoms with Gasteiger partial charge in [-0.3, -0.25) is 0 Å². The Kier molecular flexibility index (Phi) is 13.8. The molecule has 8 rings (SSSR count). The van der Waals surface area contributed by atoms with Crippen LogP contribution in [-0.2, 0) is 12.8 Å². The van der Waals surface area contributed by atoms with Crippen molar-refractivity contribution < 1.29 is 0 Å². The molecule has 0 saturated carbocycles. The van der Waals surface area contributed by atoms with Crippen LogP contribution in [-0.4, -0.2) is 0 Å². The molecule has 0 heterocycles. The van der Waals surface area contributed by atoms with Crippen molar-refractivity contribution in [3.8, 4) is 11.1 Å². The fourth-order valence-corrected chi connectivity index (χ4v) is 8.61. The molecular weight excluding hydrogens is 786 g/mol. The second-order valence-electron chi connectivity index (χ2n) is 16.7. The van der Waals surface area contributed by atoms with Crippen LogP contribution in [0.5, 0.6) is 0 Å². The molecule has 0 aliphatic heterocycles. The third-order valence-electron chi connectivity index (χ3n) is 11.9. The summed E-state index contributed by atoms with van der Waals surface area (Å²) >= 11 is 8.15. The van der Waals surface area contributed by atoms with Gasteiger partial charge in [-0.05, 0) is 148 Å². The predicted molar refractivity (Wildman–Crippen MR) is 272 cm³/mol. The first-order valence-electron chi connectivity index (χ1n) is 22.6. The average Bonchev–Trinajstić information content (AvgIpc) is 3.32. The first-order chi connectivity index (χ1) is 30.8. The summed E-state index contributed by atoms with van der Waals surface area (Å²) in [5.41, 5.74) is 17.6. The van der Waals surface area contributed by atoms with Crippen LogP contribution in [0.3, 0.4) is 0 Å². The summed E-state index contributed by atoms with van der Waals surface area (Å²) in [7, 11) is 0. The number of halogens is 1. The standard InChI is InChI=1S/C59H58ClN3/c1-6-8-16-46-28-37-52(38-29-46)62(51-33-24-44(4)25-34-51)57-41-54(61(49-18-12-10-13-19-49)50-20-14-11-15-21-50)42-58(59(57)60)63(53-35-26-45(5)27-36-53)56-39-30-47(17-9-7-2)40-55(56)48-31-22-43(3)23-32-48/h10-15,18-42H,6-9,16-17H2,1-5H3. The topological polar surface area (TPSA) is 9.72 Å². The van der Waals surface area contributed by atoms with Crippen LogP contribution in [0.1, 0.15) is 67.3 Å². The maximum absolute atomic E-state index is 8.15. The summed E-state index contributed by atoms with van der Waals surface area (Å²) in [6, 6.07) is 68.4. The average molecular weight is 845 g/mol. The van der Waals surface area contributed by atoms with Gasteiger partial charge in [0.2, 0.25) is 0 Å². The van der Waals surface area contributed by atoms with E-state index in [0.717, 1.165) is 95.3 Å². The number of aryl methyl sites for hydroxylation is 5. The molecule has 0 N–H and O–H groups in total. The molecule has 0 saturated heterocycles. The van der Waals surface area contributed by atoms with E-state index >= 15 is 0 Å². The Morgan fingerprint density at radius 3 is 1.29 bits per heavy atom. The molecule has 0 spiro atoms. The fraction of sp³-hybridized carbons (Fsp3) is 0.186. The molecule has 0 bridgehead atoms. The van der Waals surface area contributed by atoms with E-state index in [-0.39, 0.29) is 0 Å². The molecule has 0 aliphatic rings. The molecule has 316 valence electrons. The SMILES string of the molecule is CCCCc1ccc(N(c2ccc(C)cc2)c2cc(N(c3ccccc3)c3ccccc3)cc(N(c3ccc(C)cc3)c3ccc(CCCC)cc3-c3ccc(C)cc3)c2Cl)cc1. The van der Waals surface area contributed by atoms with Crippen LogP contribution in [0.2, 0.25) is 5.02 Å². The van der Waals surface area contributed by atoms with E-state index in [1.165, 1.54) is 33.4 Å². The summed E-state index contributed by atoms with van der Waals surface area (Å²) in [5, 5.41) is 0.640. The van der Waals surface area contributed by atoms with E-state index in [4.69, 9.17) is 11.6 Å². The number of nitrogens with zero attached hydrogens (tertiary/aromatic N) is 3. The number of hydrogen-bond donors (Lipinski definition) is 0. The number of benzene rings is 8. The van der Waals surface area contributed by atoms with Gasteiger partial charge in [0.25, 0.3) is 0 Å². The van der Waals surface area contributed by atoms with Crippen molar-refractivity contribution in [2.75, 3.05) is 14.7 Å². The zero-order chi connectivity index (χ0) is 43.7. The summed E-state index contributed by atoms with van der Waals surface area (Å²) in [5.74, 6) is 0. The van der Waals surface area contributed by atoms with Gasteiger partial charge >= 0.3 is 0 Å². The Hall–Kier alpha value is -6.55. The minimum absolute atomic E-state index is 0.640. The van der Waals surface area contributed by atoms with Gasteiger partial charge in [0.1, 0.15) is 0 Å². The first-order valence-corrected chi connectivity index (χ1v) is 23.0. The fourth-order valence-electron chi connectivity index (χ4n) is 8.33. The van der Waals surface area contributed by atoms with Crippen molar-refractivity contribution in [1.29, 1.82) is 0 Å². The lowest BCUT2D eigenvalue weighted by atomic mass is 9.96. The van der Waals surface area contributed by atoms with E-state index in [9.17, 15) is 0 Å². The number of hydrogen-bond acceptors (Lipinski definition) is 3. The predicted octanol–water partition coefficient (Wildman–Crippen LogP) is 18.0. The van der Waals surface area contributed by atoms with Crippen LogP contribution in [0, 0.1) is 20.8 Å². The lowest BCUT2D eigenvalue weighted by Crippen LogP contribution is -2.18. The van der Waals surface area contributed by atoms with Crippen LogP contribution in [0.4, 0.5) is 51.2 Å². The van der Waals surface area contributed by atoms with Gasteiger partial charge in [-0.15, -0.1) is 0 Å². The Balaban J connectivity index is 1.46. The maximum Gasteiger partial charge on any atom is 0.0888 e. The lowest BCUT2D eigenvalue weighted by Gasteiger charge is -2.35. The Morgan fingerprint density at radius 1 is 0.365 bits per heavy atom. The van der Waals surface area contributed by atoms with Crippen LogP contribution in [0.25, 0.3) is 11.1 Å². The zero-order valence-electron chi connectivity index (χ0n) is 37.4. The molecule has 0 amide bonds. The minimum atomic E-state index is 0.640. The highest BCUT2D eigenvalue weighted by Gasteiger charge is 2.28. The molecule has 0 aromatic heterocycles. The molecule has 3 nitrogen and oxygen atoms in total. The van der Waals surface area contributed by atoms with Crippen LogP contribution >= 0.6 is 11.6 Å². The number of para-hydroxylation sites is 2. The second kappa shape index (κ2) is 20.1. The van der Waals surface area contributed by atoms with Gasteiger partial charge in [-0.25, -0.2) is 0 Å². The molecule has 0 fully saturated rings. The molecule has 4 heteroatoms. The Morgan fingerprint density at radius 2 is 0.778 bits per heavy atom. The van der Waals surface area contributed by atoms with E-state index in [0.29, 0.717) is 5.02 Å². The molecule has 8 aromatic rings. The summed E-state index contributed by atoms with van der Waals surface area (Å²) in [4.78, 5) is 7.05. The summed E-state index contributed by atoms with van der Waals surface area (Å²) in [6.45, 7) is 10.9. The van der Waals surface area contributed by atoms with Gasteiger partial charge in [-0.2, -0.15) is 0 Å². The maximum atomic E-state index is 8.15. The lowest BCUT2D eigenvalue weighted by molar-refractivity contribution is 0.795. The van der Waals surface area contributed by atoms with Gasteiger partial charge < -0.3 is 14.7 Å². The largest absolute Gasteiger partial charge is 0.310 e. The molecule has 8 aromatic carbocycles.